The molecule has 1 aromatic heterocycles. The maximum absolute atomic E-state index is 12.3. The normalized spacial score (nSPS) is 11.0. The van der Waals surface area contributed by atoms with Gasteiger partial charge in [-0.2, -0.15) is 10.2 Å². The summed E-state index contributed by atoms with van der Waals surface area (Å²) in [7, 11) is 0. The highest BCUT2D eigenvalue weighted by Crippen LogP contribution is 2.17. The van der Waals surface area contributed by atoms with E-state index in [1.165, 1.54) is 6.21 Å². The number of hydrazone groups is 1. The molecule has 1 N–H and O–H groups in total. The van der Waals surface area contributed by atoms with Crippen molar-refractivity contribution in [3.8, 4) is 0 Å². The van der Waals surface area contributed by atoms with Gasteiger partial charge in [0, 0.05) is 21.8 Å². The summed E-state index contributed by atoms with van der Waals surface area (Å²) >= 11 is 15.3. The van der Waals surface area contributed by atoms with Crippen LogP contribution in [-0.2, 0) is 6.54 Å². The van der Waals surface area contributed by atoms with Crippen LogP contribution < -0.4 is 5.43 Å². The van der Waals surface area contributed by atoms with E-state index in [1.54, 1.807) is 23.0 Å². The highest BCUT2D eigenvalue weighted by atomic mass is 79.9. The van der Waals surface area contributed by atoms with Crippen molar-refractivity contribution < 1.29 is 4.79 Å². The molecule has 0 fully saturated rings. The minimum atomic E-state index is -0.421. The lowest BCUT2D eigenvalue weighted by molar-refractivity contribution is 0.0948. The zero-order valence-corrected chi connectivity index (χ0v) is 16.5. The van der Waals surface area contributed by atoms with Crippen LogP contribution in [0.4, 0.5) is 0 Å². The minimum Gasteiger partial charge on any atom is -0.266 e. The zero-order valence-electron chi connectivity index (χ0n) is 13.4. The molecule has 0 aliphatic carbocycles. The van der Waals surface area contributed by atoms with E-state index in [2.05, 4.69) is 31.6 Å². The lowest BCUT2D eigenvalue weighted by atomic mass is 10.2. The Morgan fingerprint density at radius 1 is 1.19 bits per heavy atom. The first-order valence-electron chi connectivity index (χ1n) is 7.58. The van der Waals surface area contributed by atoms with Gasteiger partial charge in [-0.1, -0.05) is 53.5 Å². The summed E-state index contributed by atoms with van der Waals surface area (Å²) in [5.41, 5.74) is 4.43. The quantitative estimate of drug-likeness (QED) is 0.448. The van der Waals surface area contributed by atoms with Crippen LogP contribution >= 0.6 is 39.1 Å². The summed E-state index contributed by atoms with van der Waals surface area (Å²) in [6.07, 6.45) is 3.22. The van der Waals surface area contributed by atoms with Crippen molar-refractivity contribution in [2.24, 2.45) is 5.10 Å². The first kappa shape index (κ1) is 18.6. The fourth-order valence-electron chi connectivity index (χ4n) is 2.20. The largest absolute Gasteiger partial charge is 0.293 e. The van der Waals surface area contributed by atoms with E-state index in [-0.39, 0.29) is 5.69 Å². The number of aromatic nitrogens is 2. The van der Waals surface area contributed by atoms with E-state index in [0.717, 1.165) is 5.56 Å². The van der Waals surface area contributed by atoms with E-state index in [0.29, 0.717) is 26.6 Å². The van der Waals surface area contributed by atoms with Gasteiger partial charge in [-0.15, -0.1) is 0 Å². The molecule has 0 saturated heterocycles. The maximum atomic E-state index is 12.3. The summed E-state index contributed by atoms with van der Waals surface area (Å²) < 4.78 is 2.25. The van der Waals surface area contributed by atoms with Crippen LogP contribution in [0.1, 0.15) is 21.6 Å². The Morgan fingerprint density at radius 2 is 1.92 bits per heavy atom. The molecule has 0 aliphatic rings. The molecule has 5 nitrogen and oxygen atoms in total. The molecule has 8 heteroatoms. The number of carbonyl (C=O) groups excluding carboxylic acids is 1. The summed E-state index contributed by atoms with van der Waals surface area (Å²) in [6, 6.07) is 14.7. The summed E-state index contributed by atoms with van der Waals surface area (Å²) in [5.74, 6) is -0.421. The van der Waals surface area contributed by atoms with Crippen LogP contribution in [0.15, 0.2) is 64.3 Å². The highest BCUT2D eigenvalue weighted by molar-refractivity contribution is 9.10. The number of hydrogen-bond acceptors (Lipinski definition) is 3. The van der Waals surface area contributed by atoms with Gasteiger partial charge in [-0.3, -0.25) is 9.48 Å². The fourth-order valence-corrected chi connectivity index (χ4v) is 3.01. The third-order valence-corrected chi connectivity index (χ3v) is 4.64. The topological polar surface area (TPSA) is 59.3 Å². The van der Waals surface area contributed by atoms with Gasteiger partial charge in [0.2, 0.25) is 0 Å². The Hall–Kier alpha value is -2.15. The first-order chi connectivity index (χ1) is 12.5. The summed E-state index contributed by atoms with van der Waals surface area (Å²) in [6.45, 7) is 0.520. The first-order valence-corrected chi connectivity index (χ1v) is 9.13. The lowest BCUT2D eigenvalue weighted by Gasteiger charge is -2.02. The van der Waals surface area contributed by atoms with Crippen LogP contribution in [0.3, 0.4) is 0 Å². The molecule has 1 amide bonds. The van der Waals surface area contributed by atoms with E-state index in [9.17, 15) is 4.79 Å². The fraction of sp³-hybridized carbons (Fsp3) is 0.0556. The van der Waals surface area contributed by atoms with Crippen molar-refractivity contribution >= 4 is 51.3 Å². The smallest absolute Gasteiger partial charge is 0.266 e. The Bertz CT molecular complexity index is 954. The minimum absolute atomic E-state index is 0.246. The third kappa shape index (κ3) is 4.72. The molecule has 0 saturated carbocycles. The molecule has 0 atom stereocenters. The van der Waals surface area contributed by atoms with Gasteiger partial charge in [0.15, 0.2) is 5.69 Å². The Kier molecular flexibility index (Phi) is 6.08. The SMILES string of the molecule is O=C(N/N=C\c1ccccc1Cl)c1nn(Cc2ccc(Cl)cc2)cc1Br. The molecule has 26 heavy (non-hydrogen) atoms. The molecule has 0 aliphatic heterocycles. The standard InChI is InChI=1S/C18H13BrCl2N4O/c19-15-11-25(10-12-5-7-14(20)8-6-12)24-17(15)18(26)23-22-9-13-3-1-2-4-16(13)21/h1-9,11H,10H2,(H,23,26)/b22-9-. The van der Waals surface area contributed by atoms with Crippen LogP contribution in [0.5, 0.6) is 0 Å². The number of hydrogen-bond donors (Lipinski definition) is 1. The van der Waals surface area contributed by atoms with Crippen molar-refractivity contribution in [2.45, 2.75) is 6.54 Å². The van der Waals surface area contributed by atoms with Crippen molar-refractivity contribution in [1.82, 2.24) is 15.2 Å². The van der Waals surface area contributed by atoms with Crippen molar-refractivity contribution in [3.63, 3.8) is 0 Å². The molecular formula is C18H13BrCl2N4O. The molecule has 2 aromatic carbocycles. The van der Waals surface area contributed by atoms with Crippen molar-refractivity contribution in [3.05, 3.63) is 86.1 Å². The van der Waals surface area contributed by atoms with Gasteiger partial charge in [0.25, 0.3) is 5.91 Å². The molecule has 3 rings (SSSR count). The highest BCUT2D eigenvalue weighted by Gasteiger charge is 2.15. The molecule has 0 radical (unpaired) electrons. The number of rotatable bonds is 5. The molecular weight excluding hydrogens is 439 g/mol. The second kappa shape index (κ2) is 8.49. The summed E-state index contributed by atoms with van der Waals surface area (Å²) in [5, 5.41) is 9.45. The van der Waals surface area contributed by atoms with Crippen LogP contribution in [0, 0.1) is 0 Å². The number of halogens is 3. The third-order valence-electron chi connectivity index (χ3n) is 3.46. The van der Waals surface area contributed by atoms with Gasteiger partial charge in [0.05, 0.1) is 17.2 Å². The summed E-state index contributed by atoms with van der Waals surface area (Å²) in [4.78, 5) is 12.3. The van der Waals surface area contributed by atoms with Crippen LogP contribution in [0.2, 0.25) is 10.0 Å². The molecule has 132 valence electrons. The second-order valence-corrected chi connectivity index (χ2v) is 7.07. The molecule has 0 spiro atoms. The molecule has 0 bridgehead atoms. The van der Waals surface area contributed by atoms with Crippen LogP contribution in [-0.4, -0.2) is 21.9 Å². The second-order valence-electron chi connectivity index (χ2n) is 5.37. The van der Waals surface area contributed by atoms with Crippen LogP contribution in [0.25, 0.3) is 0 Å². The molecule has 3 aromatic rings. The maximum Gasteiger partial charge on any atom is 0.293 e. The van der Waals surface area contributed by atoms with E-state index in [4.69, 9.17) is 23.2 Å². The predicted octanol–water partition coefficient (Wildman–Crippen LogP) is 4.76. The van der Waals surface area contributed by atoms with Gasteiger partial charge in [0.1, 0.15) is 0 Å². The van der Waals surface area contributed by atoms with Gasteiger partial charge < -0.3 is 0 Å². The predicted molar refractivity (Wildman–Crippen MR) is 107 cm³/mol. The van der Waals surface area contributed by atoms with Gasteiger partial charge in [-0.25, -0.2) is 5.43 Å². The van der Waals surface area contributed by atoms with Gasteiger partial charge >= 0.3 is 0 Å². The van der Waals surface area contributed by atoms with Crippen molar-refractivity contribution in [2.75, 3.05) is 0 Å². The number of nitrogens with zero attached hydrogens (tertiary/aromatic N) is 3. The Morgan fingerprint density at radius 3 is 2.65 bits per heavy atom. The average Bonchev–Trinajstić information content (AvgIpc) is 2.99. The van der Waals surface area contributed by atoms with E-state index < -0.39 is 5.91 Å². The molecule has 1 heterocycles. The number of benzene rings is 2. The van der Waals surface area contributed by atoms with Gasteiger partial charge in [-0.05, 0) is 39.7 Å². The number of nitrogens with one attached hydrogen (secondary N) is 1. The average molecular weight is 452 g/mol. The van der Waals surface area contributed by atoms with E-state index in [1.807, 2.05) is 36.4 Å². The monoisotopic (exact) mass is 450 g/mol. The number of amides is 1. The lowest BCUT2D eigenvalue weighted by Crippen LogP contribution is -2.19. The Labute approximate surface area is 168 Å². The molecule has 0 unspecified atom stereocenters. The number of carbonyl (C=O) groups is 1. The van der Waals surface area contributed by atoms with Crippen molar-refractivity contribution in [1.29, 1.82) is 0 Å². The zero-order chi connectivity index (χ0) is 18.5. The Balaban J connectivity index is 1.67. The van der Waals surface area contributed by atoms with E-state index >= 15 is 0 Å².